The first-order chi connectivity index (χ1) is 12.2. The Kier molecular flexibility index (Phi) is 9.48. The second-order valence-corrected chi connectivity index (χ2v) is 10.8. The maximum atomic E-state index is 13.6. The predicted molar refractivity (Wildman–Crippen MR) is 104 cm³/mol. The van der Waals surface area contributed by atoms with Crippen LogP contribution >= 0.6 is 26.8 Å². The van der Waals surface area contributed by atoms with E-state index in [1.807, 2.05) is 0 Å². The number of benzene rings is 1. The highest BCUT2D eigenvalue weighted by Gasteiger charge is 2.62. The molecule has 0 atom stereocenters. The fourth-order valence-corrected chi connectivity index (χ4v) is 7.62. The largest absolute Gasteiger partial charge is 0.363 e. The van der Waals surface area contributed by atoms with Crippen molar-refractivity contribution >= 4 is 26.8 Å². The van der Waals surface area contributed by atoms with E-state index >= 15 is 0 Å². The van der Waals surface area contributed by atoms with E-state index in [-0.39, 0.29) is 32.8 Å². The van der Waals surface area contributed by atoms with E-state index in [0.29, 0.717) is 10.6 Å². The standard InChI is InChI=1S/C16H28ClNO6P2/c1-5-21-25(19,22-6-2)16(18,26(20,23-7-3)24-8-4)13-14-9-11-15(17)12-10-14/h9-12H,5-8,13,18H2,1-4H3. The molecular weight excluding hydrogens is 400 g/mol. The minimum absolute atomic E-state index is 0.0646. The van der Waals surface area contributed by atoms with Gasteiger partial charge in [0.2, 0.25) is 5.02 Å². The summed E-state index contributed by atoms with van der Waals surface area (Å²) in [6.07, 6.45) is -0.0985. The number of hydrogen-bond donors (Lipinski definition) is 1. The average molecular weight is 428 g/mol. The minimum Gasteiger partial charge on any atom is -0.307 e. The van der Waals surface area contributed by atoms with Gasteiger partial charge in [-0.2, -0.15) is 0 Å². The van der Waals surface area contributed by atoms with Crippen molar-refractivity contribution in [3.63, 3.8) is 0 Å². The van der Waals surface area contributed by atoms with E-state index in [1.165, 1.54) is 0 Å². The SMILES string of the molecule is CCOP(=O)(OCC)C(N)(Cc1ccc(Cl)cc1)P(=O)(OCC)OCC. The van der Waals surface area contributed by atoms with E-state index in [9.17, 15) is 9.13 Å². The third-order valence-electron chi connectivity index (χ3n) is 3.52. The Morgan fingerprint density at radius 1 is 0.846 bits per heavy atom. The monoisotopic (exact) mass is 427 g/mol. The topological polar surface area (TPSA) is 97.1 Å². The van der Waals surface area contributed by atoms with Crippen molar-refractivity contribution in [3.05, 3.63) is 34.9 Å². The molecule has 0 spiro atoms. The van der Waals surface area contributed by atoms with Gasteiger partial charge in [0.25, 0.3) is 0 Å². The molecule has 26 heavy (non-hydrogen) atoms. The first-order valence-electron chi connectivity index (χ1n) is 8.53. The fourth-order valence-electron chi connectivity index (χ4n) is 2.45. The van der Waals surface area contributed by atoms with Crippen LogP contribution < -0.4 is 5.73 Å². The fraction of sp³-hybridized carbons (Fsp3) is 0.625. The van der Waals surface area contributed by atoms with Crippen molar-refractivity contribution in [3.8, 4) is 0 Å². The predicted octanol–water partition coefficient (Wildman–Crippen LogP) is 5.03. The molecule has 0 unspecified atom stereocenters. The van der Waals surface area contributed by atoms with Crippen LogP contribution in [0.1, 0.15) is 33.3 Å². The van der Waals surface area contributed by atoms with E-state index in [4.69, 9.17) is 35.4 Å². The molecule has 10 heteroatoms. The van der Waals surface area contributed by atoms with Crippen molar-refractivity contribution in [1.29, 1.82) is 0 Å². The zero-order chi connectivity index (χ0) is 19.8. The van der Waals surface area contributed by atoms with Crippen molar-refractivity contribution in [2.45, 2.75) is 39.1 Å². The first-order valence-corrected chi connectivity index (χ1v) is 12.0. The zero-order valence-electron chi connectivity index (χ0n) is 15.6. The summed E-state index contributed by atoms with van der Waals surface area (Å²) in [4.78, 5) is 0. The Morgan fingerprint density at radius 2 is 1.19 bits per heavy atom. The van der Waals surface area contributed by atoms with Gasteiger partial charge in [-0.15, -0.1) is 0 Å². The molecule has 0 aliphatic rings. The number of nitrogens with two attached hydrogens (primary N) is 1. The van der Waals surface area contributed by atoms with E-state index in [2.05, 4.69) is 0 Å². The second kappa shape index (κ2) is 10.4. The molecule has 1 aromatic carbocycles. The molecule has 0 radical (unpaired) electrons. The van der Waals surface area contributed by atoms with E-state index in [0.717, 1.165) is 0 Å². The van der Waals surface area contributed by atoms with Gasteiger partial charge < -0.3 is 23.8 Å². The summed E-state index contributed by atoms with van der Waals surface area (Å²) < 4.78 is 48.8. The minimum atomic E-state index is -4.07. The molecule has 1 aromatic rings. The van der Waals surface area contributed by atoms with Gasteiger partial charge in [-0.25, -0.2) is 0 Å². The summed E-state index contributed by atoms with van der Waals surface area (Å²) in [7, 11) is -8.14. The van der Waals surface area contributed by atoms with Crippen LogP contribution in [0.15, 0.2) is 24.3 Å². The highest BCUT2D eigenvalue weighted by Crippen LogP contribution is 2.76. The van der Waals surface area contributed by atoms with Crippen LogP contribution in [0.25, 0.3) is 0 Å². The quantitative estimate of drug-likeness (QED) is 0.467. The van der Waals surface area contributed by atoms with Gasteiger partial charge in [0.15, 0.2) is 0 Å². The van der Waals surface area contributed by atoms with Crippen LogP contribution in [0.5, 0.6) is 0 Å². The smallest absolute Gasteiger partial charge is 0.307 e. The molecule has 0 heterocycles. The van der Waals surface area contributed by atoms with Crippen LogP contribution in [-0.2, 0) is 33.6 Å². The van der Waals surface area contributed by atoms with Gasteiger partial charge in [0, 0.05) is 11.4 Å². The molecule has 0 aliphatic carbocycles. The number of rotatable bonds is 12. The van der Waals surface area contributed by atoms with Crippen LogP contribution in [-0.4, -0.2) is 31.4 Å². The molecule has 150 valence electrons. The summed E-state index contributed by atoms with van der Waals surface area (Å²) in [5, 5.41) is -1.47. The van der Waals surface area contributed by atoms with Gasteiger partial charge in [0.1, 0.15) is 0 Å². The van der Waals surface area contributed by atoms with Crippen LogP contribution in [0.4, 0.5) is 0 Å². The van der Waals surface area contributed by atoms with Gasteiger partial charge in [-0.1, -0.05) is 23.7 Å². The Hall–Kier alpha value is -0.230. The Bertz CT molecular complexity index is 605. The van der Waals surface area contributed by atoms with Gasteiger partial charge in [-0.05, 0) is 45.4 Å². The number of halogens is 1. The molecule has 0 amide bonds. The third-order valence-corrected chi connectivity index (χ3v) is 9.85. The van der Waals surface area contributed by atoms with E-state index in [1.54, 1.807) is 52.0 Å². The van der Waals surface area contributed by atoms with Crippen molar-refractivity contribution < 1.29 is 27.2 Å². The molecule has 1 rings (SSSR count). The van der Waals surface area contributed by atoms with Crippen molar-refractivity contribution in [2.75, 3.05) is 26.4 Å². The summed E-state index contributed by atoms with van der Waals surface area (Å²) in [5.41, 5.74) is 7.16. The highest BCUT2D eigenvalue weighted by atomic mass is 35.5. The first kappa shape index (κ1) is 23.8. The maximum Gasteiger partial charge on any atom is 0.363 e. The van der Waals surface area contributed by atoms with Crippen LogP contribution in [0.2, 0.25) is 5.02 Å². The van der Waals surface area contributed by atoms with Crippen LogP contribution in [0, 0.1) is 0 Å². The normalized spacial score (nSPS) is 13.2. The van der Waals surface area contributed by atoms with Crippen LogP contribution in [0.3, 0.4) is 0 Å². The average Bonchev–Trinajstić information content (AvgIpc) is 2.57. The number of hydrogen-bond acceptors (Lipinski definition) is 7. The lowest BCUT2D eigenvalue weighted by Crippen LogP contribution is -2.44. The molecular formula is C16H28ClNO6P2. The summed E-state index contributed by atoms with van der Waals surface area (Å²) in [6, 6.07) is 6.73. The summed E-state index contributed by atoms with van der Waals surface area (Å²) in [6.45, 7) is 6.87. The molecule has 0 aliphatic heterocycles. The lowest BCUT2D eigenvalue weighted by molar-refractivity contribution is 0.177. The molecule has 0 fully saturated rings. The molecule has 2 N–H and O–H groups in total. The zero-order valence-corrected chi connectivity index (χ0v) is 18.2. The highest BCUT2D eigenvalue weighted by molar-refractivity contribution is 7.74. The third kappa shape index (κ3) is 5.18. The van der Waals surface area contributed by atoms with Gasteiger partial charge in [0.05, 0.1) is 26.4 Å². The summed E-state index contributed by atoms with van der Waals surface area (Å²) in [5.74, 6) is 0. The van der Waals surface area contributed by atoms with E-state index < -0.39 is 20.2 Å². The second-order valence-electron chi connectivity index (χ2n) is 5.35. The summed E-state index contributed by atoms with van der Waals surface area (Å²) >= 11 is 5.92. The molecule has 0 saturated heterocycles. The molecule has 0 saturated carbocycles. The lowest BCUT2D eigenvalue weighted by Gasteiger charge is -2.39. The van der Waals surface area contributed by atoms with Crippen molar-refractivity contribution in [1.82, 2.24) is 0 Å². The Morgan fingerprint density at radius 3 is 1.50 bits per heavy atom. The molecule has 0 aromatic heterocycles. The Balaban J connectivity index is 3.53. The molecule has 0 bridgehead atoms. The van der Waals surface area contributed by atoms with Crippen molar-refractivity contribution in [2.24, 2.45) is 5.73 Å². The van der Waals surface area contributed by atoms with Gasteiger partial charge >= 0.3 is 15.2 Å². The maximum absolute atomic E-state index is 13.6. The van der Waals surface area contributed by atoms with Gasteiger partial charge in [-0.3, -0.25) is 9.13 Å². The molecule has 7 nitrogen and oxygen atoms in total. The lowest BCUT2D eigenvalue weighted by atomic mass is 10.1. The Labute approximate surface area is 160 Å².